The average molecular weight is 256 g/mol. The summed E-state index contributed by atoms with van der Waals surface area (Å²) in [5.74, 6) is -1.11. The van der Waals surface area contributed by atoms with Crippen molar-refractivity contribution in [1.82, 2.24) is 9.78 Å². The van der Waals surface area contributed by atoms with Crippen LogP contribution >= 0.6 is 0 Å². The van der Waals surface area contributed by atoms with Crippen LogP contribution in [0.15, 0.2) is 6.07 Å². The first kappa shape index (κ1) is 16.1. The molecule has 0 saturated carbocycles. The third kappa shape index (κ3) is 3.58. The Kier molecular flexibility index (Phi) is 6.70. The minimum absolute atomic E-state index is 0.0486. The molecule has 0 spiro atoms. The third-order valence-electron chi connectivity index (χ3n) is 2.01. The quantitative estimate of drug-likeness (QED) is 0.774. The highest BCUT2D eigenvalue weighted by Crippen LogP contribution is 2.13. The van der Waals surface area contributed by atoms with Crippen molar-refractivity contribution in [2.45, 2.75) is 33.7 Å². The van der Waals surface area contributed by atoms with Crippen molar-refractivity contribution in [3.63, 3.8) is 0 Å². The molecule has 0 amide bonds. The van der Waals surface area contributed by atoms with Gasteiger partial charge in [0.1, 0.15) is 5.69 Å². The molecule has 0 N–H and O–H groups in total. The first-order valence-electron chi connectivity index (χ1n) is 5.77. The van der Waals surface area contributed by atoms with Gasteiger partial charge in [0.15, 0.2) is 5.69 Å². The second kappa shape index (κ2) is 7.47. The number of carbonyl (C=O) groups is 2. The molecule has 0 fully saturated rings. The molecule has 0 saturated heterocycles. The second-order valence-electron chi connectivity index (χ2n) is 3.44. The number of hydrogen-bond donors (Lipinski definition) is 0. The first-order chi connectivity index (χ1) is 8.51. The van der Waals surface area contributed by atoms with Crippen LogP contribution in [0.3, 0.4) is 0 Å². The lowest BCUT2D eigenvalue weighted by molar-refractivity contribution is 0.0579. The van der Waals surface area contributed by atoms with Crippen molar-refractivity contribution < 1.29 is 19.1 Å². The molecule has 6 nitrogen and oxygen atoms in total. The van der Waals surface area contributed by atoms with Crippen LogP contribution in [0.5, 0.6) is 0 Å². The van der Waals surface area contributed by atoms with Crippen LogP contribution in [0.4, 0.5) is 0 Å². The van der Waals surface area contributed by atoms with Crippen LogP contribution in [0.25, 0.3) is 0 Å². The van der Waals surface area contributed by atoms with Crippen LogP contribution in [-0.4, -0.2) is 35.9 Å². The van der Waals surface area contributed by atoms with E-state index in [-0.39, 0.29) is 17.4 Å². The van der Waals surface area contributed by atoms with E-state index in [9.17, 15) is 9.59 Å². The van der Waals surface area contributed by atoms with Gasteiger partial charge in [0, 0.05) is 12.1 Å². The smallest absolute Gasteiger partial charge is 0.358 e. The summed E-state index contributed by atoms with van der Waals surface area (Å²) in [6.07, 6.45) is 0. The van der Waals surface area contributed by atoms with Crippen LogP contribution < -0.4 is 0 Å². The molecule has 0 atom stereocenters. The second-order valence-corrected chi connectivity index (χ2v) is 3.44. The van der Waals surface area contributed by atoms with Crippen LogP contribution in [0.2, 0.25) is 0 Å². The summed E-state index contributed by atoms with van der Waals surface area (Å²) in [6.45, 7) is 7.70. The van der Waals surface area contributed by atoms with Crippen molar-refractivity contribution in [1.29, 1.82) is 0 Å². The van der Waals surface area contributed by atoms with E-state index in [2.05, 4.69) is 14.6 Å². The van der Waals surface area contributed by atoms with E-state index >= 15 is 0 Å². The molecule has 6 heteroatoms. The highest BCUT2D eigenvalue weighted by molar-refractivity contribution is 5.93. The van der Waals surface area contributed by atoms with Gasteiger partial charge >= 0.3 is 11.9 Å². The Hall–Kier alpha value is -1.85. The van der Waals surface area contributed by atoms with Gasteiger partial charge in [0.2, 0.25) is 0 Å². The predicted octanol–water partition coefficient (Wildman–Crippen LogP) is 2.06. The van der Waals surface area contributed by atoms with E-state index in [1.165, 1.54) is 25.0 Å². The maximum absolute atomic E-state index is 11.4. The van der Waals surface area contributed by atoms with E-state index in [0.717, 1.165) is 0 Å². The number of aromatic nitrogens is 2. The van der Waals surface area contributed by atoms with E-state index in [4.69, 9.17) is 0 Å². The number of nitrogens with zero attached hydrogens (tertiary/aromatic N) is 2. The standard InChI is InChI=1S/C10H14N2O4.C2H6/c1-6(2)12-8(10(14)16-4)5-7(11-12)9(13)15-3;1-2/h5-6H,1-4H3;1-2H3. The van der Waals surface area contributed by atoms with Gasteiger partial charge < -0.3 is 9.47 Å². The number of rotatable bonds is 3. The fourth-order valence-corrected chi connectivity index (χ4v) is 1.25. The summed E-state index contributed by atoms with van der Waals surface area (Å²) in [5, 5.41) is 3.99. The highest BCUT2D eigenvalue weighted by atomic mass is 16.5. The Bertz CT molecular complexity index is 410. The maximum Gasteiger partial charge on any atom is 0.358 e. The summed E-state index contributed by atoms with van der Waals surface area (Å²) in [7, 11) is 2.53. The molecule has 0 aromatic carbocycles. The minimum atomic E-state index is -0.579. The summed E-state index contributed by atoms with van der Waals surface area (Å²) >= 11 is 0. The van der Waals surface area contributed by atoms with Crippen molar-refractivity contribution in [2.24, 2.45) is 0 Å². The van der Waals surface area contributed by atoms with E-state index in [0.29, 0.717) is 0 Å². The fourth-order valence-electron chi connectivity index (χ4n) is 1.25. The number of ether oxygens (including phenoxy) is 2. The Labute approximate surface area is 107 Å². The van der Waals surface area contributed by atoms with Gasteiger partial charge in [0.25, 0.3) is 0 Å². The molecule has 1 rings (SSSR count). The molecule has 0 aliphatic rings. The van der Waals surface area contributed by atoms with Gasteiger partial charge in [-0.2, -0.15) is 5.10 Å². The summed E-state index contributed by atoms with van der Waals surface area (Å²) in [5.41, 5.74) is 0.328. The lowest BCUT2D eigenvalue weighted by Gasteiger charge is -2.08. The molecular formula is C12H20N2O4. The van der Waals surface area contributed by atoms with E-state index in [1.54, 1.807) is 0 Å². The average Bonchev–Trinajstić information content (AvgIpc) is 2.84. The molecule has 0 bridgehead atoms. The zero-order valence-electron chi connectivity index (χ0n) is 11.7. The lowest BCUT2D eigenvalue weighted by atomic mass is 10.3. The van der Waals surface area contributed by atoms with E-state index in [1.807, 2.05) is 27.7 Å². The van der Waals surface area contributed by atoms with Crippen molar-refractivity contribution >= 4 is 11.9 Å². The first-order valence-corrected chi connectivity index (χ1v) is 5.77. The van der Waals surface area contributed by atoms with Crippen LogP contribution in [0.1, 0.15) is 54.7 Å². The largest absolute Gasteiger partial charge is 0.464 e. The van der Waals surface area contributed by atoms with Gasteiger partial charge in [0.05, 0.1) is 14.2 Å². The zero-order valence-corrected chi connectivity index (χ0v) is 11.7. The van der Waals surface area contributed by atoms with Crippen molar-refractivity contribution in [3.8, 4) is 0 Å². The van der Waals surface area contributed by atoms with E-state index < -0.39 is 11.9 Å². The molecule has 0 unspecified atom stereocenters. The number of hydrogen-bond acceptors (Lipinski definition) is 5. The monoisotopic (exact) mass is 256 g/mol. The number of carbonyl (C=O) groups excluding carboxylic acids is 2. The maximum atomic E-state index is 11.4. The molecule has 18 heavy (non-hydrogen) atoms. The predicted molar refractivity (Wildman–Crippen MR) is 66.6 cm³/mol. The third-order valence-corrected chi connectivity index (χ3v) is 2.01. The Balaban J connectivity index is 0.00000137. The summed E-state index contributed by atoms with van der Waals surface area (Å²) in [6, 6.07) is 1.31. The molecule has 0 radical (unpaired) electrons. The molecule has 0 aliphatic heterocycles. The van der Waals surface area contributed by atoms with Crippen LogP contribution in [0, 0.1) is 0 Å². The Morgan fingerprint density at radius 3 is 2.06 bits per heavy atom. The summed E-state index contributed by atoms with van der Waals surface area (Å²) in [4.78, 5) is 22.7. The molecule has 102 valence electrons. The minimum Gasteiger partial charge on any atom is -0.464 e. The van der Waals surface area contributed by atoms with Gasteiger partial charge in [-0.25, -0.2) is 9.59 Å². The lowest BCUT2D eigenvalue weighted by Crippen LogP contribution is -2.13. The van der Waals surface area contributed by atoms with Gasteiger partial charge in [-0.1, -0.05) is 13.8 Å². The molecule has 1 aromatic rings. The van der Waals surface area contributed by atoms with Gasteiger partial charge in [-0.15, -0.1) is 0 Å². The van der Waals surface area contributed by atoms with Crippen molar-refractivity contribution in [3.05, 3.63) is 17.5 Å². The Morgan fingerprint density at radius 2 is 1.67 bits per heavy atom. The highest BCUT2D eigenvalue weighted by Gasteiger charge is 2.21. The van der Waals surface area contributed by atoms with Crippen LogP contribution in [-0.2, 0) is 9.47 Å². The number of methoxy groups -OCH3 is 2. The topological polar surface area (TPSA) is 70.4 Å². The molecule has 0 aliphatic carbocycles. The van der Waals surface area contributed by atoms with Gasteiger partial charge in [-0.3, -0.25) is 4.68 Å². The SMILES string of the molecule is CC.COC(=O)c1cc(C(=O)OC)n(C(C)C)n1. The van der Waals surface area contributed by atoms with Gasteiger partial charge in [-0.05, 0) is 13.8 Å². The fraction of sp³-hybridized carbons (Fsp3) is 0.583. The summed E-state index contributed by atoms with van der Waals surface area (Å²) < 4.78 is 10.6. The molecule has 1 aromatic heterocycles. The van der Waals surface area contributed by atoms with Crippen molar-refractivity contribution in [2.75, 3.05) is 14.2 Å². The Morgan fingerprint density at radius 1 is 1.17 bits per heavy atom. The molecular weight excluding hydrogens is 236 g/mol. The number of esters is 2. The molecule has 1 heterocycles. The zero-order chi connectivity index (χ0) is 14.3. The normalized spacial score (nSPS) is 9.50.